The zero-order valence-corrected chi connectivity index (χ0v) is 15.0. The van der Waals surface area contributed by atoms with E-state index in [4.69, 9.17) is 5.26 Å². The fraction of sp³-hybridized carbons (Fsp3) is 0.0476. The molecule has 1 amide bonds. The molecule has 0 radical (unpaired) electrons. The summed E-state index contributed by atoms with van der Waals surface area (Å²) in [6, 6.07) is 18.8. The summed E-state index contributed by atoms with van der Waals surface area (Å²) in [7, 11) is 1.30. The van der Waals surface area contributed by atoms with E-state index in [0.717, 1.165) is 5.69 Å². The van der Waals surface area contributed by atoms with Gasteiger partial charge < -0.3 is 15.4 Å². The number of hydrogen-bond acceptors (Lipinski definition) is 6. The van der Waals surface area contributed by atoms with Crippen LogP contribution in [0, 0.1) is 11.3 Å². The molecule has 1 aromatic heterocycles. The average molecular weight is 372 g/mol. The number of nitrogens with one attached hydrogen (secondary N) is 2. The van der Waals surface area contributed by atoms with Crippen LogP contribution >= 0.6 is 0 Å². The van der Waals surface area contributed by atoms with Crippen LogP contribution in [-0.4, -0.2) is 24.0 Å². The lowest BCUT2D eigenvalue weighted by molar-refractivity contribution is 0.0600. The summed E-state index contributed by atoms with van der Waals surface area (Å²) in [4.78, 5) is 28.1. The number of ether oxygens (including phenoxy) is 1. The number of esters is 1. The van der Waals surface area contributed by atoms with Gasteiger partial charge in [0.15, 0.2) is 0 Å². The Morgan fingerprint density at radius 2 is 1.75 bits per heavy atom. The van der Waals surface area contributed by atoms with Gasteiger partial charge in [-0.15, -0.1) is 0 Å². The molecule has 0 aliphatic carbocycles. The lowest BCUT2D eigenvalue weighted by Gasteiger charge is -2.08. The molecule has 138 valence electrons. The number of anilines is 3. The minimum absolute atomic E-state index is 0.230. The molecule has 0 saturated carbocycles. The number of amides is 1. The molecule has 7 heteroatoms. The molecule has 0 saturated heterocycles. The fourth-order valence-electron chi connectivity index (χ4n) is 2.43. The Hall–Kier alpha value is -4.18. The lowest BCUT2D eigenvalue weighted by Crippen LogP contribution is -2.14. The van der Waals surface area contributed by atoms with Gasteiger partial charge in [-0.05, 0) is 54.6 Å². The van der Waals surface area contributed by atoms with E-state index in [1.807, 2.05) is 0 Å². The maximum Gasteiger partial charge on any atom is 0.337 e. The van der Waals surface area contributed by atoms with Gasteiger partial charge in [0.25, 0.3) is 5.91 Å². The topological polar surface area (TPSA) is 104 Å². The molecular formula is C21H16N4O3. The molecule has 0 unspecified atom stereocenters. The van der Waals surface area contributed by atoms with Crippen molar-refractivity contribution in [3.8, 4) is 6.07 Å². The Morgan fingerprint density at radius 3 is 2.39 bits per heavy atom. The maximum absolute atomic E-state index is 12.4. The summed E-state index contributed by atoms with van der Waals surface area (Å²) in [5, 5.41) is 14.7. The molecule has 0 fully saturated rings. The van der Waals surface area contributed by atoms with Crippen LogP contribution < -0.4 is 10.6 Å². The smallest absolute Gasteiger partial charge is 0.337 e. The van der Waals surface area contributed by atoms with Crippen molar-refractivity contribution in [3.05, 3.63) is 83.7 Å². The summed E-state index contributed by atoms with van der Waals surface area (Å²) < 4.78 is 4.67. The van der Waals surface area contributed by atoms with E-state index >= 15 is 0 Å². The van der Waals surface area contributed by atoms with Crippen LogP contribution in [0.2, 0.25) is 0 Å². The first-order valence-electron chi connectivity index (χ1n) is 8.32. The molecule has 3 aromatic rings. The summed E-state index contributed by atoms with van der Waals surface area (Å²) in [6.07, 6.45) is 1.54. The van der Waals surface area contributed by atoms with Crippen LogP contribution in [0.5, 0.6) is 0 Å². The molecular weight excluding hydrogens is 356 g/mol. The first kappa shape index (κ1) is 18.6. The molecule has 0 atom stereocenters. The predicted octanol–water partition coefficient (Wildman–Crippen LogP) is 3.74. The quantitative estimate of drug-likeness (QED) is 0.661. The third kappa shape index (κ3) is 4.51. The van der Waals surface area contributed by atoms with Gasteiger partial charge in [-0.2, -0.15) is 5.26 Å². The molecule has 2 aromatic carbocycles. The Labute approximate surface area is 161 Å². The standard InChI is InChI=1S/C21H16N4O3/c1-28-21(27)15-3-2-4-17(11-15)25-20(26)19-10-9-18(13-23-19)24-16-7-5-14(12-22)6-8-16/h2-11,13,24H,1H3,(H,25,26). The van der Waals surface area contributed by atoms with Crippen LogP contribution in [0.3, 0.4) is 0 Å². The molecule has 1 heterocycles. The third-order valence-corrected chi connectivity index (χ3v) is 3.84. The number of carbonyl (C=O) groups excluding carboxylic acids is 2. The third-order valence-electron chi connectivity index (χ3n) is 3.84. The van der Waals surface area contributed by atoms with Gasteiger partial charge in [0.05, 0.1) is 36.2 Å². The Kier molecular flexibility index (Phi) is 5.63. The molecule has 7 nitrogen and oxygen atoms in total. The van der Waals surface area contributed by atoms with Gasteiger partial charge in [-0.1, -0.05) is 6.07 Å². The van der Waals surface area contributed by atoms with Crippen molar-refractivity contribution in [2.45, 2.75) is 0 Å². The summed E-state index contributed by atoms with van der Waals surface area (Å²) in [5.74, 6) is -0.876. The number of aromatic nitrogens is 1. The second kappa shape index (κ2) is 8.47. The van der Waals surface area contributed by atoms with E-state index in [1.165, 1.54) is 19.4 Å². The monoisotopic (exact) mass is 372 g/mol. The Bertz CT molecular complexity index is 1040. The van der Waals surface area contributed by atoms with Gasteiger partial charge in [-0.25, -0.2) is 9.78 Å². The van der Waals surface area contributed by atoms with Gasteiger partial charge in [0.2, 0.25) is 0 Å². The SMILES string of the molecule is COC(=O)c1cccc(NC(=O)c2ccc(Nc3ccc(C#N)cc3)cn2)c1. The second-order valence-electron chi connectivity index (χ2n) is 5.77. The van der Waals surface area contributed by atoms with E-state index in [1.54, 1.807) is 54.6 Å². The van der Waals surface area contributed by atoms with Crippen molar-refractivity contribution >= 4 is 28.9 Å². The summed E-state index contributed by atoms with van der Waals surface area (Å²) in [5.41, 5.74) is 3.12. The normalized spacial score (nSPS) is 9.86. The molecule has 0 spiro atoms. The second-order valence-corrected chi connectivity index (χ2v) is 5.77. The number of carbonyl (C=O) groups is 2. The summed E-state index contributed by atoms with van der Waals surface area (Å²) >= 11 is 0. The number of methoxy groups -OCH3 is 1. The van der Waals surface area contributed by atoms with E-state index in [-0.39, 0.29) is 5.69 Å². The zero-order chi connectivity index (χ0) is 19.9. The highest BCUT2D eigenvalue weighted by molar-refractivity contribution is 6.03. The molecule has 0 aliphatic heterocycles. The van der Waals surface area contributed by atoms with Gasteiger partial charge >= 0.3 is 5.97 Å². The number of rotatable bonds is 5. The lowest BCUT2D eigenvalue weighted by atomic mass is 10.2. The van der Waals surface area contributed by atoms with Crippen molar-refractivity contribution in [2.75, 3.05) is 17.7 Å². The van der Waals surface area contributed by atoms with Crippen molar-refractivity contribution in [2.24, 2.45) is 0 Å². The largest absolute Gasteiger partial charge is 0.465 e. The van der Waals surface area contributed by atoms with E-state index < -0.39 is 11.9 Å². The maximum atomic E-state index is 12.4. The molecule has 0 bridgehead atoms. The molecule has 2 N–H and O–H groups in total. The van der Waals surface area contributed by atoms with Crippen molar-refractivity contribution < 1.29 is 14.3 Å². The number of benzene rings is 2. The highest BCUT2D eigenvalue weighted by atomic mass is 16.5. The first-order chi connectivity index (χ1) is 13.6. The van der Waals surface area contributed by atoms with Gasteiger partial charge in [0, 0.05) is 11.4 Å². The van der Waals surface area contributed by atoms with Crippen LogP contribution in [0.25, 0.3) is 0 Å². The number of pyridine rings is 1. The minimum atomic E-state index is -0.479. The van der Waals surface area contributed by atoms with Crippen molar-refractivity contribution in [3.63, 3.8) is 0 Å². The van der Waals surface area contributed by atoms with E-state index in [2.05, 4.69) is 26.4 Å². The van der Waals surface area contributed by atoms with Crippen molar-refractivity contribution in [1.82, 2.24) is 4.98 Å². The average Bonchev–Trinajstić information content (AvgIpc) is 2.74. The molecule has 0 aliphatic rings. The minimum Gasteiger partial charge on any atom is -0.465 e. The molecule has 28 heavy (non-hydrogen) atoms. The Balaban J connectivity index is 1.66. The van der Waals surface area contributed by atoms with E-state index in [9.17, 15) is 9.59 Å². The van der Waals surface area contributed by atoms with E-state index in [0.29, 0.717) is 22.5 Å². The highest BCUT2D eigenvalue weighted by Gasteiger charge is 2.10. The Morgan fingerprint density at radius 1 is 1.00 bits per heavy atom. The predicted molar refractivity (Wildman–Crippen MR) is 104 cm³/mol. The van der Waals surface area contributed by atoms with Crippen LogP contribution in [0.4, 0.5) is 17.1 Å². The number of nitrogens with zero attached hydrogens (tertiary/aromatic N) is 2. The summed E-state index contributed by atoms with van der Waals surface area (Å²) in [6.45, 7) is 0. The number of hydrogen-bond donors (Lipinski definition) is 2. The van der Waals surface area contributed by atoms with Crippen LogP contribution in [0.15, 0.2) is 66.9 Å². The number of nitriles is 1. The van der Waals surface area contributed by atoms with Crippen LogP contribution in [0.1, 0.15) is 26.4 Å². The zero-order valence-electron chi connectivity index (χ0n) is 15.0. The highest BCUT2D eigenvalue weighted by Crippen LogP contribution is 2.17. The van der Waals surface area contributed by atoms with Crippen molar-refractivity contribution in [1.29, 1.82) is 5.26 Å². The van der Waals surface area contributed by atoms with Gasteiger partial charge in [-0.3, -0.25) is 4.79 Å². The fourth-order valence-corrected chi connectivity index (χ4v) is 2.43. The first-order valence-corrected chi connectivity index (χ1v) is 8.32. The molecule has 3 rings (SSSR count). The van der Waals surface area contributed by atoms with Crippen LogP contribution in [-0.2, 0) is 4.74 Å². The van der Waals surface area contributed by atoms with Gasteiger partial charge in [0.1, 0.15) is 5.69 Å².